The lowest BCUT2D eigenvalue weighted by Crippen LogP contribution is -1.97. The van der Waals surface area contributed by atoms with Crippen LogP contribution in [0.25, 0.3) is 11.4 Å². The van der Waals surface area contributed by atoms with Crippen LogP contribution in [0.5, 0.6) is 0 Å². The Balaban J connectivity index is 2.14. The Bertz CT molecular complexity index is 406. The van der Waals surface area contributed by atoms with E-state index in [-0.39, 0.29) is 0 Å². The van der Waals surface area contributed by atoms with Crippen molar-refractivity contribution in [2.45, 2.75) is 26.3 Å². The van der Waals surface area contributed by atoms with Gasteiger partial charge in [-0.3, -0.25) is 4.68 Å². The molecule has 78 valence electrons. The van der Waals surface area contributed by atoms with E-state index < -0.39 is 0 Å². The largest absolute Gasteiger partial charge is 0.252 e. The summed E-state index contributed by atoms with van der Waals surface area (Å²) >= 11 is 0. The first-order chi connectivity index (χ1) is 7.40. The van der Waals surface area contributed by atoms with Gasteiger partial charge < -0.3 is 0 Å². The van der Waals surface area contributed by atoms with Crippen LogP contribution in [0.1, 0.15) is 19.8 Å². The van der Waals surface area contributed by atoms with Gasteiger partial charge in [0.25, 0.3) is 0 Å². The van der Waals surface area contributed by atoms with E-state index in [0.717, 1.165) is 24.4 Å². The molecule has 0 aliphatic carbocycles. The van der Waals surface area contributed by atoms with Crippen molar-refractivity contribution in [2.24, 2.45) is 0 Å². The lowest BCUT2D eigenvalue weighted by atomic mass is 10.2. The number of nitrogens with zero attached hydrogens (tertiary/aromatic N) is 3. The van der Waals surface area contributed by atoms with Crippen LogP contribution >= 0.6 is 0 Å². The monoisotopic (exact) mass is 201 g/mol. The van der Waals surface area contributed by atoms with E-state index in [2.05, 4.69) is 17.0 Å². The zero-order chi connectivity index (χ0) is 10.5. The summed E-state index contributed by atoms with van der Waals surface area (Å²) in [5.74, 6) is 0.812. The van der Waals surface area contributed by atoms with E-state index in [9.17, 15) is 0 Å². The van der Waals surface area contributed by atoms with Gasteiger partial charge in [0.05, 0.1) is 0 Å². The standard InChI is InChI=1S/C12H15N3/c1-2-3-9-15-10-13-12(14-15)11-7-5-4-6-8-11/h4-8,10H,2-3,9H2,1H3. The molecule has 1 aromatic carbocycles. The summed E-state index contributed by atoms with van der Waals surface area (Å²) in [6.45, 7) is 3.13. The summed E-state index contributed by atoms with van der Waals surface area (Å²) in [6.07, 6.45) is 4.14. The van der Waals surface area contributed by atoms with E-state index in [1.165, 1.54) is 6.42 Å². The third kappa shape index (κ3) is 2.43. The van der Waals surface area contributed by atoms with Gasteiger partial charge >= 0.3 is 0 Å². The van der Waals surface area contributed by atoms with E-state index >= 15 is 0 Å². The topological polar surface area (TPSA) is 30.7 Å². The predicted molar refractivity (Wildman–Crippen MR) is 60.4 cm³/mol. The zero-order valence-electron chi connectivity index (χ0n) is 8.93. The maximum absolute atomic E-state index is 4.42. The highest BCUT2D eigenvalue weighted by Gasteiger charge is 2.02. The van der Waals surface area contributed by atoms with Gasteiger partial charge in [-0.25, -0.2) is 4.98 Å². The van der Waals surface area contributed by atoms with Gasteiger partial charge in [-0.1, -0.05) is 43.7 Å². The molecule has 0 saturated heterocycles. The molecule has 2 rings (SSSR count). The van der Waals surface area contributed by atoms with Crippen molar-refractivity contribution >= 4 is 0 Å². The van der Waals surface area contributed by atoms with Crippen LogP contribution in [-0.4, -0.2) is 14.8 Å². The molecule has 0 fully saturated rings. The first-order valence-corrected chi connectivity index (χ1v) is 5.35. The molecule has 0 atom stereocenters. The number of aromatic nitrogens is 3. The highest BCUT2D eigenvalue weighted by atomic mass is 15.3. The Morgan fingerprint density at radius 3 is 2.73 bits per heavy atom. The molecule has 15 heavy (non-hydrogen) atoms. The minimum Gasteiger partial charge on any atom is -0.252 e. The fraction of sp³-hybridized carbons (Fsp3) is 0.333. The van der Waals surface area contributed by atoms with Gasteiger partial charge in [-0.05, 0) is 6.42 Å². The minimum atomic E-state index is 0.812. The summed E-state index contributed by atoms with van der Waals surface area (Å²) in [5, 5.41) is 4.42. The molecular weight excluding hydrogens is 186 g/mol. The average Bonchev–Trinajstić information content (AvgIpc) is 2.76. The van der Waals surface area contributed by atoms with E-state index in [4.69, 9.17) is 0 Å². The van der Waals surface area contributed by atoms with Crippen LogP contribution in [0.4, 0.5) is 0 Å². The highest BCUT2D eigenvalue weighted by molar-refractivity contribution is 5.53. The quantitative estimate of drug-likeness (QED) is 0.761. The van der Waals surface area contributed by atoms with Crippen molar-refractivity contribution in [3.63, 3.8) is 0 Å². The van der Waals surface area contributed by atoms with Crippen LogP contribution in [0, 0.1) is 0 Å². The van der Waals surface area contributed by atoms with Crippen molar-refractivity contribution in [1.29, 1.82) is 0 Å². The average molecular weight is 201 g/mol. The molecular formula is C12H15N3. The maximum Gasteiger partial charge on any atom is 0.181 e. The van der Waals surface area contributed by atoms with E-state index in [1.54, 1.807) is 6.33 Å². The number of rotatable bonds is 4. The van der Waals surface area contributed by atoms with Gasteiger partial charge in [0.2, 0.25) is 0 Å². The first-order valence-electron chi connectivity index (χ1n) is 5.35. The molecule has 2 aromatic rings. The third-order valence-corrected chi connectivity index (χ3v) is 2.31. The molecule has 0 unspecified atom stereocenters. The van der Waals surface area contributed by atoms with E-state index in [1.807, 2.05) is 35.0 Å². The number of hydrogen-bond acceptors (Lipinski definition) is 2. The van der Waals surface area contributed by atoms with Gasteiger partial charge in [0, 0.05) is 12.1 Å². The van der Waals surface area contributed by atoms with Gasteiger partial charge in [0.15, 0.2) is 5.82 Å². The Hall–Kier alpha value is -1.64. The second kappa shape index (κ2) is 4.73. The van der Waals surface area contributed by atoms with Crippen molar-refractivity contribution in [3.05, 3.63) is 36.7 Å². The highest BCUT2D eigenvalue weighted by Crippen LogP contribution is 2.12. The third-order valence-electron chi connectivity index (χ3n) is 2.31. The van der Waals surface area contributed by atoms with Crippen LogP contribution < -0.4 is 0 Å². The van der Waals surface area contributed by atoms with Crippen LogP contribution in [0.15, 0.2) is 36.7 Å². The Labute approximate surface area is 89.8 Å². The summed E-state index contributed by atoms with van der Waals surface area (Å²) in [6, 6.07) is 10.1. The first kappa shape index (κ1) is 9.90. The van der Waals surface area contributed by atoms with E-state index in [0.29, 0.717) is 0 Å². The molecule has 3 nitrogen and oxygen atoms in total. The fourth-order valence-corrected chi connectivity index (χ4v) is 1.44. The minimum absolute atomic E-state index is 0.812. The summed E-state index contributed by atoms with van der Waals surface area (Å²) < 4.78 is 1.91. The van der Waals surface area contributed by atoms with Crippen LogP contribution in [0.2, 0.25) is 0 Å². The Morgan fingerprint density at radius 2 is 2.00 bits per heavy atom. The smallest absolute Gasteiger partial charge is 0.181 e. The molecule has 0 spiro atoms. The molecule has 0 radical (unpaired) electrons. The Morgan fingerprint density at radius 1 is 1.20 bits per heavy atom. The number of aryl methyl sites for hydroxylation is 1. The lowest BCUT2D eigenvalue weighted by Gasteiger charge is -1.96. The number of benzene rings is 1. The normalized spacial score (nSPS) is 10.5. The number of hydrogen-bond donors (Lipinski definition) is 0. The number of unbranched alkanes of at least 4 members (excludes halogenated alkanes) is 1. The predicted octanol–water partition coefficient (Wildman–Crippen LogP) is 2.75. The fourth-order valence-electron chi connectivity index (χ4n) is 1.44. The summed E-state index contributed by atoms with van der Waals surface area (Å²) in [4.78, 5) is 4.29. The summed E-state index contributed by atoms with van der Waals surface area (Å²) in [7, 11) is 0. The summed E-state index contributed by atoms with van der Waals surface area (Å²) in [5.41, 5.74) is 1.08. The van der Waals surface area contributed by atoms with Gasteiger partial charge in [-0.2, -0.15) is 5.10 Å². The van der Waals surface area contributed by atoms with Crippen molar-refractivity contribution in [2.75, 3.05) is 0 Å². The van der Waals surface area contributed by atoms with Crippen LogP contribution in [0.3, 0.4) is 0 Å². The lowest BCUT2D eigenvalue weighted by molar-refractivity contribution is 0.571. The Kier molecular flexibility index (Phi) is 3.12. The molecule has 0 aliphatic heterocycles. The molecule has 0 aliphatic rings. The van der Waals surface area contributed by atoms with Gasteiger partial charge in [0.1, 0.15) is 6.33 Å². The second-order valence-electron chi connectivity index (χ2n) is 3.55. The molecule has 1 aromatic heterocycles. The molecule has 3 heteroatoms. The van der Waals surface area contributed by atoms with Crippen molar-refractivity contribution in [1.82, 2.24) is 14.8 Å². The van der Waals surface area contributed by atoms with Crippen LogP contribution in [-0.2, 0) is 6.54 Å². The zero-order valence-corrected chi connectivity index (χ0v) is 8.93. The maximum atomic E-state index is 4.42. The van der Waals surface area contributed by atoms with Crippen molar-refractivity contribution in [3.8, 4) is 11.4 Å². The molecule has 0 saturated carbocycles. The SMILES string of the molecule is CCCCn1cnc(-c2ccccc2)n1. The molecule has 0 N–H and O–H groups in total. The van der Waals surface area contributed by atoms with Gasteiger partial charge in [-0.15, -0.1) is 0 Å². The van der Waals surface area contributed by atoms with Crippen molar-refractivity contribution < 1.29 is 0 Å². The molecule has 0 amide bonds. The second-order valence-corrected chi connectivity index (χ2v) is 3.55. The molecule has 0 bridgehead atoms. The molecule has 1 heterocycles.